The zero-order valence-electron chi connectivity index (χ0n) is 38.0. The van der Waals surface area contributed by atoms with Crippen LogP contribution in [0.15, 0.2) is 66.9 Å². The average Bonchev–Trinajstić information content (AvgIpc) is 3.28. The summed E-state index contributed by atoms with van der Waals surface area (Å²) in [6, 6.07) is 18.1. The van der Waals surface area contributed by atoms with E-state index in [1.165, 1.54) is 23.7 Å². The van der Waals surface area contributed by atoms with E-state index in [9.17, 15) is 34.3 Å². The van der Waals surface area contributed by atoms with Crippen LogP contribution in [0.2, 0.25) is 0 Å². The minimum atomic E-state index is -1.28. The number of fused-ring (bicyclic) bond motifs is 5. The second-order valence-corrected chi connectivity index (χ2v) is 17.0. The third-order valence-corrected chi connectivity index (χ3v) is 11.4. The van der Waals surface area contributed by atoms with E-state index in [2.05, 4.69) is 29.1 Å². The third-order valence-electron chi connectivity index (χ3n) is 11.4. The van der Waals surface area contributed by atoms with Crippen LogP contribution in [0.25, 0.3) is 22.5 Å². The lowest BCUT2D eigenvalue weighted by Gasteiger charge is -2.32. The number of carbonyl (C=O) groups excluding carboxylic acids is 5. The Balaban J connectivity index is 1.55. The number of benzene rings is 3. The SMILES string of the molecule is Cc1nc(-c2ccc(CC(C)C)cc2)ncc1C(=O)C[C@@H](CCO)C(=O)N(C)[C@@H]1C(=O)C[C@@H](C)C(=O)N[C@H](C(=O)CCC#N)Cc2ccc(OCCN)c(c2)-c2cc1ccc2OCCN. The molecule has 6 N–H and O–H groups in total. The van der Waals surface area contributed by atoms with Crippen molar-refractivity contribution in [3.05, 3.63) is 94.8 Å². The van der Waals surface area contributed by atoms with Gasteiger partial charge in [-0.25, -0.2) is 9.97 Å². The van der Waals surface area contributed by atoms with Gasteiger partial charge in [-0.1, -0.05) is 57.2 Å². The summed E-state index contributed by atoms with van der Waals surface area (Å²) in [6.07, 6.45) is 1.65. The summed E-state index contributed by atoms with van der Waals surface area (Å²) >= 11 is 0. The van der Waals surface area contributed by atoms with Gasteiger partial charge in [0.1, 0.15) is 30.8 Å². The molecule has 344 valence electrons. The summed E-state index contributed by atoms with van der Waals surface area (Å²) in [6.45, 7) is 7.90. The summed E-state index contributed by atoms with van der Waals surface area (Å²) in [5, 5.41) is 22.2. The van der Waals surface area contributed by atoms with Crippen molar-refractivity contribution < 1.29 is 38.6 Å². The number of aliphatic hydroxyl groups is 1. The lowest BCUT2D eigenvalue weighted by atomic mass is 9.88. The predicted octanol–water partition coefficient (Wildman–Crippen LogP) is 5.27. The Hall–Kier alpha value is -6.34. The van der Waals surface area contributed by atoms with Crippen molar-refractivity contribution in [3.8, 4) is 40.1 Å². The number of carbonyl (C=O) groups is 5. The molecule has 1 aliphatic heterocycles. The second-order valence-electron chi connectivity index (χ2n) is 17.0. The summed E-state index contributed by atoms with van der Waals surface area (Å²) in [5.41, 5.74) is 16.4. The number of likely N-dealkylation sites (N-methyl/N-ethyl adjacent to an activating group) is 1. The van der Waals surface area contributed by atoms with Crippen LogP contribution in [-0.4, -0.2) is 95.1 Å². The summed E-state index contributed by atoms with van der Waals surface area (Å²) in [4.78, 5) is 81.0. The molecule has 1 aromatic heterocycles. The van der Waals surface area contributed by atoms with E-state index < -0.39 is 53.9 Å². The Bertz CT molecular complexity index is 2380. The first-order valence-corrected chi connectivity index (χ1v) is 22.2. The Morgan fingerprint density at radius 2 is 1.63 bits per heavy atom. The van der Waals surface area contributed by atoms with E-state index in [1.807, 2.05) is 36.4 Å². The van der Waals surface area contributed by atoms with E-state index in [0.717, 1.165) is 12.0 Å². The van der Waals surface area contributed by atoms with Crippen molar-refractivity contribution in [2.45, 2.75) is 84.7 Å². The van der Waals surface area contributed by atoms with Gasteiger partial charge in [-0.15, -0.1) is 0 Å². The van der Waals surface area contributed by atoms with Crippen LogP contribution in [0, 0.1) is 36.0 Å². The van der Waals surface area contributed by atoms with Gasteiger partial charge in [-0.05, 0) is 73.1 Å². The van der Waals surface area contributed by atoms with Gasteiger partial charge in [-0.3, -0.25) is 24.0 Å². The number of nitrogens with zero attached hydrogens (tertiary/aromatic N) is 4. The van der Waals surface area contributed by atoms with Crippen LogP contribution >= 0.6 is 0 Å². The van der Waals surface area contributed by atoms with Crippen LogP contribution < -0.4 is 26.3 Å². The second kappa shape index (κ2) is 23.5. The van der Waals surface area contributed by atoms with E-state index in [4.69, 9.17) is 20.9 Å². The molecule has 3 aromatic carbocycles. The number of aryl methyl sites for hydroxylation is 1. The van der Waals surface area contributed by atoms with Gasteiger partial charge in [0.15, 0.2) is 23.2 Å². The molecule has 0 radical (unpaired) electrons. The molecule has 65 heavy (non-hydrogen) atoms. The molecule has 0 saturated heterocycles. The highest BCUT2D eigenvalue weighted by Crippen LogP contribution is 2.41. The molecule has 0 aliphatic carbocycles. The molecule has 0 fully saturated rings. The van der Waals surface area contributed by atoms with Gasteiger partial charge in [0.2, 0.25) is 11.8 Å². The maximum Gasteiger partial charge on any atom is 0.226 e. The molecule has 0 spiro atoms. The molecule has 15 nitrogen and oxygen atoms in total. The maximum absolute atomic E-state index is 14.7. The van der Waals surface area contributed by atoms with E-state index in [1.54, 1.807) is 44.2 Å². The zero-order valence-corrected chi connectivity index (χ0v) is 38.0. The first kappa shape index (κ1) is 49.7. The molecule has 0 unspecified atom stereocenters. The van der Waals surface area contributed by atoms with Crippen LogP contribution in [0.3, 0.4) is 0 Å². The van der Waals surface area contributed by atoms with Crippen LogP contribution in [-0.2, 0) is 32.0 Å². The van der Waals surface area contributed by atoms with Gasteiger partial charge < -0.3 is 36.3 Å². The van der Waals surface area contributed by atoms with Gasteiger partial charge in [0, 0.05) is 87.2 Å². The molecule has 15 heteroatoms. The smallest absolute Gasteiger partial charge is 0.226 e. The first-order chi connectivity index (χ1) is 31.2. The number of ether oxygens (including phenoxy) is 2. The number of aliphatic hydroxyl groups excluding tert-OH is 1. The molecule has 4 atom stereocenters. The standard InChI is InChI=1S/C50H61N7O8/c1-30(2)23-33-8-11-35(12-9-33)48-54-29-40(32(4)55-48)43(60)28-37(16-20-58)50(63)57(5)47-36-13-15-46(65-22-19-53)39(27-36)38-25-34(10-14-45(38)64-21-18-52)26-41(42(59)7-6-17-51)56-49(62)31(3)24-44(47)61/h8-15,25,27,29-31,37,41,47,58H,6-7,16,18-24,26,28,52-53H2,1-5H3,(H,56,62)/t31-,37-,41+,47+/m1/s1. The molecular weight excluding hydrogens is 827 g/mol. The highest BCUT2D eigenvalue weighted by molar-refractivity contribution is 6.00. The van der Waals surface area contributed by atoms with Crippen LogP contribution in [0.1, 0.15) is 91.7 Å². The molecule has 4 bridgehead atoms. The van der Waals surface area contributed by atoms with Gasteiger partial charge in [0.05, 0.1) is 23.4 Å². The number of ketones is 3. The van der Waals surface area contributed by atoms with Crippen molar-refractivity contribution in [1.82, 2.24) is 20.2 Å². The molecule has 2 amide bonds. The molecule has 0 saturated carbocycles. The predicted molar refractivity (Wildman–Crippen MR) is 246 cm³/mol. The highest BCUT2D eigenvalue weighted by atomic mass is 16.5. The number of rotatable bonds is 19. The normalized spacial score (nSPS) is 16.8. The number of aromatic nitrogens is 2. The summed E-state index contributed by atoms with van der Waals surface area (Å²) < 4.78 is 12.2. The minimum absolute atomic E-state index is 0.0384. The Kier molecular flexibility index (Phi) is 18.0. The first-order valence-electron chi connectivity index (χ1n) is 22.2. The Morgan fingerprint density at radius 3 is 2.25 bits per heavy atom. The van der Waals surface area contributed by atoms with Crippen LogP contribution in [0.4, 0.5) is 0 Å². The lowest BCUT2D eigenvalue weighted by Crippen LogP contribution is -2.45. The molecule has 5 rings (SSSR count). The zero-order chi connectivity index (χ0) is 47.2. The Morgan fingerprint density at radius 1 is 0.969 bits per heavy atom. The molecule has 4 aromatic rings. The maximum atomic E-state index is 14.7. The van der Waals surface area contributed by atoms with Gasteiger partial charge >= 0.3 is 0 Å². The number of hydrogen-bond donors (Lipinski definition) is 4. The number of hydrogen-bond acceptors (Lipinski definition) is 13. The molecule has 2 heterocycles. The number of nitrogens with two attached hydrogens (primary N) is 2. The van der Waals surface area contributed by atoms with Crippen molar-refractivity contribution in [2.75, 3.05) is 40.0 Å². The summed E-state index contributed by atoms with van der Waals surface area (Å²) in [7, 11) is 1.46. The van der Waals surface area contributed by atoms with Crippen molar-refractivity contribution >= 4 is 29.2 Å². The van der Waals surface area contributed by atoms with E-state index in [-0.39, 0.29) is 76.2 Å². The molecule has 1 aliphatic rings. The monoisotopic (exact) mass is 887 g/mol. The average molecular weight is 888 g/mol. The highest BCUT2D eigenvalue weighted by Gasteiger charge is 2.36. The van der Waals surface area contributed by atoms with Gasteiger partial charge in [-0.2, -0.15) is 5.26 Å². The topological polar surface area (TPSA) is 241 Å². The van der Waals surface area contributed by atoms with Crippen molar-refractivity contribution in [1.29, 1.82) is 5.26 Å². The fourth-order valence-electron chi connectivity index (χ4n) is 8.07. The van der Waals surface area contributed by atoms with Crippen LogP contribution in [0.5, 0.6) is 11.5 Å². The van der Waals surface area contributed by atoms with Crippen molar-refractivity contribution in [2.24, 2.45) is 29.2 Å². The number of amides is 2. The number of nitriles is 1. The Labute approximate surface area is 380 Å². The quantitative estimate of drug-likeness (QED) is 0.0879. The fourth-order valence-corrected chi connectivity index (χ4v) is 8.07. The largest absolute Gasteiger partial charge is 0.492 e. The van der Waals surface area contributed by atoms with Gasteiger partial charge in [0.25, 0.3) is 0 Å². The molecular formula is C50H61N7O8. The summed E-state index contributed by atoms with van der Waals surface area (Å²) in [5.74, 6) is -2.57. The fraction of sp³-hybridized carbons (Fsp3) is 0.440. The third kappa shape index (κ3) is 12.9. The number of Topliss-reactive ketones (excluding diaryl/α,β-unsaturated/α-hetero) is 3. The lowest BCUT2D eigenvalue weighted by molar-refractivity contribution is -0.142. The van der Waals surface area contributed by atoms with E-state index >= 15 is 0 Å². The number of nitrogens with one attached hydrogen (secondary N) is 1. The minimum Gasteiger partial charge on any atom is -0.492 e. The van der Waals surface area contributed by atoms with E-state index in [0.29, 0.717) is 51.2 Å². The van der Waals surface area contributed by atoms with Crippen molar-refractivity contribution in [3.63, 3.8) is 0 Å².